The van der Waals surface area contributed by atoms with Crippen molar-refractivity contribution in [3.63, 3.8) is 0 Å². The van der Waals surface area contributed by atoms with Crippen LogP contribution in [0.25, 0.3) is 11.2 Å². The number of nitrogens with two attached hydrogens (primary N) is 1. The molecule has 0 aliphatic heterocycles. The van der Waals surface area contributed by atoms with Crippen molar-refractivity contribution in [2.45, 2.75) is 12.5 Å². The SMILES string of the molecule is Nc1ncnc2c1ncn2[C@@H]1[C@H]2C=C[C@@H]1C(CO)(CO)C2. The molecule has 0 radical (unpaired) electrons. The van der Waals surface area contributed by atoms with Crippen molar-refractivity contribution in [2.24, 2.45) is 17.3 Å². The maximum atomic E-state index is 9.75. The zero-order valence-electron chi connectivity index (χ0n) is 11.4. The van der Waals surface area contributed by atoms with Crippen LogP contribution in [0.4, 0.5) is 5.82 Å². The minimum absolute atomic E-state index is 0.0186. The van der Waals surface area contributed by atoms with E-state index in [4.69, 9.17) is 5.73 Å². The number of anilines is 1. The van der Waals surface area contributed by atoms with Gasteiger partial charge in [-0.15, -0.1) is 0 Å². The van der Waals surface area contributed by atoms with E-state index in [2.05, 4.69) is 27.1 Å². The van der Waals surface area contributed by atoms with Gasteiger partial charge in [0.15, 0.2) is 11.5 Å². The smallest absolute Gasteiger partial charge is 0.165 e. The largest absolute Gasteiger partial charge is 0.396 e. The fraction of sp³-hybridized carbons (Fsp3) is 0.500. The Morgan fingerprint density at radius 3 is 2.76 bits per heavy atom. The predicted molar refractivity (Wildman–Crippen MR) is 76.1 cm³/mol. The van der Waals surface area contributed by atoms with Crippen molar-refractivity contribution in [1.29, 1.82) is 0 Å². The first-order chi connectivity index (χ1) is 10.2. The molecule has 3 atom stereocenters. The molecular weight excluding hydrogens is 270 g/mol. The van der Waals surface area contributed by atoms with Crippen LogP contribution in [0.1, 0.15) is 12.5 Å². The van der Waals surface area contributed by atoms with Gasteiger partial charge in [-0.1, -0.05) is 12.2 Å². The number of nitrogen functional groups attached to an aromatic ring is 1. The summed E-state index contributed by atoms with van der Waals surface area (Å²) in [5, 5.41) is 19.5. The van der Waals surface area contributed by atoms with Gasteiger partial charge in [-0.2, -0.15) is 0 Å². The topological polar surface area (TPSA) is 110 Å². The highest BCUT2D eigenvalue weighted by atomic mass is 16.3. The molecule has 21 heavy (non-hydrogen) atoms. The van der Waals surface area contributed by atoms with Gasteiger partial charge in [0.05, 0.1) is 19.5 Å². The zero-order valence-corrected chi connectivity index (χ0v) is 11.4. The van der Waals surface area contributed by atoms with Gasteiger partial charge in [0, 0.05) is 17.4 Å². The lowest BCUT2D eigenvalue weighted by molar-refractivity contribution is 0.0290. The number of aromatic nitrogens is 4. The third-order valence-electron chi connectivity index (χ3n) is 5.06. The van der Waals surface area contributed by atoms with Gasteiger partial charge in [0.1, 0.15) is 11.8 Å². The monoisotopic (exact) mass is 287 g/mol. The summed E-state index contributed by atoms with van der Waals surface area (Å²) in [6.07, 6.45) is 8.20. The number of aliphatic hydroxyl groups is 2. The average Bonchev–Trinajstić information content (AvgIpc) is 3.17. The first-order valence-corrected chi connectivity index (χ1v) is 7.03. The third-order valence-corrected chi connectivity index (χ3v) is 5.06. The summed E-state index contributed by atoms with van der Waals surface area (Å²) in [5.74, 6) is 0.710. The van der Waals surface area contributed by atoms with Gasteiger partial charge in [-0.05, 0) is 12.3 Å². The Morgan fingerprint density at radius 2 is 2.05 bits per heavy atom. The number of imidazole rings is 1. The fourth-order valence-corrected chi connectivity index (χ4v) is 3.97. The number of aliphatic hydroxyl groups excluding tert-OH is 2. The van der Waals surface area contributed by atoms with Crippen LogP contribution in [0.15, 0.2) is 24.8 Å². The summed E-state index contributed by atoms with van der Waals surface area (Å²) in [4.78, 5) is 12.6. The number of rotatable bonds is 3. The normalized spacial score (nSPS) is 29.5. The van der Waals surface area contributed by atoms with E-state index in [9.17, 15) is 10.2 Å². The van der Waals surface area contributed by atoms with Gasteiger partial charge >= 0.3 is 0 Å². The Morgan fingerprint density at radius 1 is 1.24 bits per heavy atom. The molecule has 7 heteroatoms. The Kier molecular flexibility index (Phi) is 2.58. The van der Waals surface area contributed by atoms with Gasteiger partial charge in [0.2, 0.25) is 0 Å². The molecule has 2 aliphatic rings. The van der Waals surface area contributed by atoms with Crippen molar-refractivity contribution >= 4 is 17.0 Å². The summed E-state index contributed by atoms with van der Waals surface area (Å²) in [6.45, 7) is -0.0372. The summed E-state index contributed by atoms with van der Waals surface area (Å²) in [6, 6.07) is 0.114. The lowest BCUT2D eigenvalue weighted by atomic mass is 9.77. The minimum Gasteiger partial charge on any atom is -0.396 e. The molecule has 1 saturated carbocycles. The highest BCUT2D eigenvalue weighted by Crippen LogP contribution is 2.57. The van der Waals surface area contributed by atoms with Crippen molar-refractivity contribution in [3.8, 4) is 0 Å². The van der Waals surface area contributed by atoms with Crippen LogP contribution in [0.3, 0.4) is 0 Å². The van der Waals surface area contributed by atoms with E-state index in [0.717, 1.165) is 6.42 Å². The third kappa shape index (κ3) is 1.53. The molecule has 2 heterocycles. The summed E-state index contributed by atoms with van der Waals surface area (Å²) >= 11 is 0. The molecule has 2 aromatic rings. The molecule has 4 N–H and O–H groups in total. The van der Waals surface area contributed by atoms with Gasteiger partial charge in [0.25, 0.3) is 0 Å². The molecule has 110 valence electrons. The standard InChI is InChI=1S/C14H17N5O2/c15-12-10-13(17-6-16-12)19(7-18-10)11-8-1-2-9(11)14(3-8,4-20)5-21/h1-2,6-9,11,20-21H,3-5H2,(H2,15,16,17)/t8-,9-,11+/m0/s1. The second-order valence-corrected chi connectivity index (χ2v) is 6.03. The number of hydrogen-bond donors (Lipinski definition) is 3. The highest BCUT2D eigenvalue weighted by Gasteiger charge is 2.55. The molecule has 1 fully saturated rings. The minimum atomic E-state index is -0.459. The Balaban J connectivity index is 1.83. The van der Waals surface area contributed by atoms with E-state index < -0.39 is 5.41 Å². The van der Waals surface area contributed by atoms with E-state index in [1.54, 1.807) is 6.33 Å². The van der Waals surface area contributed by atoms with Gasteiger partial charge in [-0.25, -0.2) is 15.0 Å². The zero-order chi connectivity index (χ0) is 14.6. The fourth-order valence-electron chi connectivity index (χ4n) is 3.97. The molecule has 0 aromatic carbocycles. The average molecular weight is 287 g/mol. The Hall–Kier alpha value is -1.99. The molecule has 2 aliphatic carbocycles. The van der Waals surface area contributed by atoms with Crippen molar-refractivity contribution in [3.05, 3.63) is 24.8 Å². The molecule has 2 aromatic heterocycles. The van der Waals surface area contributed by atoms with Gasteiger partial charge < -0.3 is 20.5 Å². The molecule has 0 amide bonds. The second-order valence-electron chi connectivity index (χ2n) is 6.03. The number of allylic oxidation sites excluding steroid dienone is 2. The first-order valence-electron chi connectivity index (χ1n) is 7.03. The van der Waals surface area contributed by atoms with E-state index in [0.29, 0.717) is 17.0 Å². The molecular formula is C14H17N5O2. The van der Waals surface area contributed by atoms with Crippen molar-refractivity contribution in [2.75, 3.05) is 18.9 Å². The van der Waals surface area contributed by atoms with Crippen LogP contribution in [-0.2, 0) is 0 Å². The maximum absolute atomic E-state index is 9.75. The van der Waals surface area contributed by atoms with Crippen LogP contribution in [-0.4, -0.2) is 42.9 Å². The molecule has 0 saturated heterocycles. The second kappa shape index (κ2) is 4.25. The van der Waals surface area contributed by atoms with E-state index in [1.165, 1.54) is 6.33 Å². The molecule has 4 rings (SSSR count). The Labute approximate surface area is 121 Å². The number of nitrogens with zero attached hydrogens (tertiary/aromatic N) is 4. The Bertz CT molecular complexity index is 721. The number of fused-ring (bicyclic) bond motifs is 3. The maximum Gasteiger partial charge on any atom is 0.165 e. The van der Waals surface area contributed by atoms with E-state index in [-0.39, 0.29) is 31.1 Å². The predicted octanol–water partition coefficient (Wildman–Crippen LogP) is 0.126. The molecule has 2 bridgehead atoms. The van der Waals surface area contributed by atoms with E-state index in [1.807, 2.05) is 4.57 Å². The van der Waals surface area contributed by atoms with Crippen molar-refractivity contribution in [1.82, 2.24) is 19.5 Å². The first kappa shape index (κ1) is 12.7. The highest BCUT2D eigenvalue weighted by molar-refractivity contribution is 5.81. The van der Waals surface area contributed by atoms with E-state index >= 15 is 0 Å². The van der Waals surface area contributed by atoms with Crippen LogP contribution in [0.2, 0.25) is 0 Å². The summed E-state index contributed by atoms with van der Waals surface area (Å²) in [5.41, 5.74) is 6.68. The quantitative estimate of drug-likeness (QED) is 0.692. The van der Waals surface area contributed by atoms with Gasteiger partial charge in [-0.3, -0.25) is 0 Å². The summed E-state index contributed by atoms with van der Waals surface area (Å²) in [7, 11) is 0. The van der Waals surface area contributed by atoms with Crippen LogP contribution >= 0.6 is 0 Å². The molecule has 0 spiro atoms. The summed E-state index contributed by atoms with van der Waals surface area (Å²) < 4.78 is 2.01. The van der Waals surface area contributed by atoms with Crippen LogP contribution in [0, 0.1) is 17.3 Å². The molecule has 0 unspecified atom stereocenters. The lowest BCUT2D eigenvalue weighted by Crippen LogP contribution is -2.35. The van der Waals surface area contributed by atoms with Crippen LogP contribution < -0.4 is 5.73 Å². The van der Waals surface area contributed by atoms with Crippen LogP contribution in [0.5, 0.6) is 0 Å². The lowest BCUT2D eigenvalue weighted by Gasteiger charge is -2.32. The number of hydrogen-bond acceptors (Lipinski definition) is 6. The van der Waals surface area contributed by atoms with Crippen molar-refractivity contribution < 1.29 is 10.2 Å². The molecule has 7 nitrogen and oxygen atoms in total.